The summed E-state index contributed by atoms with van der Waals surface area (Å²) in [5.41, 5.74) is 2.77. The van der Waals surface area contributed by atoms with E-state index in [1.54, 1.807) is 0 Å². The van der Waals surface area contributed by atoms with Crippen LogP contribution in [0, 0.1) is 0 Å². The van der Waals surface area contributed by atoms with Gasteiger partial charge in [0.2, 0.25) is 0 Å². The monoisotopic (exact) mass is 319 g/mol. The maximum absolute atomic E-state index is 6.21. The second-order valence-corrected chi connectivity index (χ2v) is 6.43. The number of rotatable bonds is 10. The van der Waals surface area contributed by atoms with E-state index in [0.29, 0.717) is 6.10 Å². The van der Waals surface area contributed by atoms with E-state index in [4.69, 9.17) is 9.47 Å². The number of benzene rings is 1. The Hall–Kier alpha value is -1.06. The lowest BCUT2D eigenvalue weighted by Crippen LogP contribution is -2.26. The molecule has 0 aromatic heterocycles. The van der Waals surface area contributed by atoms with Gasteiger partial charge in [-0.1, -0.05) is 32.4 Å². The summed E-state index contributed by atoms with van der Waals surface area (Å²) in [4.78, 5) is 0. The highest BCUT2D eigenvalue weighted by Crippen LogP contribution is 2.25. The maximum Gasteiger partial charge on any atom is 0.122 e. The number of hydrogen-bond acceptors (Lipinski definition) is 3. The van der Waals surface area contributed by atoms with Crippen LogP contribution in [0.1, 0.15) is 57.1 Å². The standard InChI is InChI=1S/C20H33NO2/c1-3-5-12-21-13-6-7-17-8-9-20(18(4-2)16-17)23-19-10-14-22-15-11-19/h8-9,16,19,21H,3-7,10-15H2,1-2H3. The molecule has 0 spiro atoms. The summed E-state index contributed by atoms with van der Waals surface area (Å²) in [6.45, 7) is 8.36. The Labute approximate surface area is 141 Å². The largest absolute Gasteiger partial charge is 0.490 e. The third-order valence-corrected chi connectivity index (χ3v) is 4.49. The first-order chi connectivity index (χ1) is 11.3. The van der Waals surface area contributed by atoms with Gasteiger partial charge in [-0.15, -0.1) is 0 Å². The summed E-state index contributed by atoms with van der Waals surface area (Å²) in [5.74, 6) is 1.07. The summed E-state index contributed by atoms with van der Waals surface area (Å²) in [7, 11) is 0. The lowest BCUT2D eigenvalue weighted by molar-refractivity contribution is 0.0252. The fourth-order valence-electron chi connectivity index (χ4n) is 3.00. The van der Waals surface area contributed by atoms with E-state index >= 15 is 0 Å². The Morgan fingerprint density at radius 1 is 1.13 bits per heavy atom. The molecular weight excluding hydrogens is 286 g/mol. The molecule has 1 saturated heterocycles. The van der Waals surface area contributed by atoms with Crippen molar-refractivity contribution in [2.45, 2.75) is 64.9 Å². The van der Waals surface area contributed by atoms with Crippen molar-refractivity contribution >= 4 is 0 Å². The molecule has 0 atom stereocenters. The third-order valence-electron chi connectivity index (χ3n) is 4.49. The zero-order valence-electron chi connectivity index (χ0n) is 14.9. The van der Waals surface area contributed by atoms with E-state index in [0.717, 1.165) is 57.7 Å². The van der Waals surface area contributed by atoms with Gasteiger partial charge in [-0.05, 0) is 56.0 Å². The van der Waals surface area contributed by atoms with Gasteiger partial charge in [0.25, 0.3) is 0 Å². The predicted molar refractivity (Wildman–Crippen MR) is 96.4 cm³/mol. The van der Waals surface area contributed by atoms with E-state index in [1.165, 1.54) is 30.4 Å². The molecule has 23 heavy (non-hydrogen) atoms. The minimum Gasteiger partial charge on any atom is -0.490 e. The second kappa shape index (κ2) is 10.7. The molecule has 130 valence electrons. The second-order valence-electron chi connectivity index (χ2n) is 6.43. The quantitative estimate of drug-likeness (QED) is 0.658. The first-order valence-electron chi connectivity index (χ1n) is 9.40. The molecule has 1 N–H and O–H groups in total. The fraction of sp³-hybridized carbons (Fsp3) is 0.700. The highest BCUT2D eigenvalue weighted by Gasteiger charge is 2.16. The first-order valence-corrected chi connectivity index (χ1v) is 9.40. The zero-order chi connectivity index (χ0) is 16.3. The van der Waals surface area contributed by atoms with Crippen LogP contribution in [0.4, 0.5) is 0 Å². The molecule has 1 aromatic carbocycles. The van der Waals surface area contributed by atoms with Gasteiger partial charge in [0.1, 0.15) is 11.9 Å². The molecule has 0 unspecified atom stereocenters. The molecule has 1 aromatic rings. The topological polar surface area (TPSA) is 30.5 Å². The van der Waals surface area contributed by atoms with Crippen molar-refractivity contribution < 1.29 is 9.47 Å². The van der Waals surface area contributed by atoms with Gasteiger partial charge in [0, 0.05) is 12.8 Å². The zero-order valence-corrected chi connectivity index (χ0v) is 14.9. The van der Waals surface area contributed by atoms with Crippen molar-refractivity contribution in [3.8, 4) is 5.75 Å². The van der Waals surface area contributed by atoms with Crippen molar-refractivity contribution in [3.05, 3.63) is 29.3 Å². The molecule has 1 aliphatic heterocycles. The van der Waals surface area contributed by atoms with Crippen LogP contribution >= 0.6 is 0 Å². The van der Waals surface area contributed by atoms with Crippen molar-refractivity contribution in [2.24, 2.45) is 0 Å². The van der Waals surface area contributed by atoms with Crippen molar-refractivity contribution in [1.82, 2.24) is 5.32 Å². The van der Waals surface area contributed by atoms with Gasteiger partial charge < -0.3 is 14.8 Å². The fourth-order valence-corrected chi connectivity index (χ4v) is 3.00. The molecule has 0 aliphatic carbocycles. The average molecular weight is 319 g/mol. The molecule has 1 aliphatic rings. The highest BCUT2D eigenvalue weighted by atomic mass is 16.5. The van der Waals surface area contributed by atoms with Crippen LogP contribution in [0.3, 0.4) is 0 Å². The molecular formula is C20H33NO2. The molecule has 1 fully saturated rings. The van der Waals surface area contributed by atoms with E-state index in [2.05, 4.69) is 37.4 Å². The summed E-state index contributed by atoms with van der Waals surface area (Å²) in [5, 5.41) is 3.51. The first kappa shape index (κ1) is 18.3. The van der Waals surface area contributed by atoms with E-state index in [-0.39, 0.29) is 0 Å². The van der Waals surface area contributed by atoms with Crippen molar-refractivity contribution in [2.75, 3.05) is 26.3 Å². The molecule has 0 saturated carbocycles. The van der Waals surface area contributed by atoms with Crippen LogP contribution in [-0.4, -0.2) is 32.4 Å². The maximum atomic E-state index is 6.21. The third kappa shape index (κ3) is 6.52. The highest BCUT2D eigenvalue weighted by molar-refractivity contribution is 5.37. The Morgan fingerprint density at radius 3 is 2.65 bits per heavy atom. The summed E-state index contributed by atoms with van der Waals surface area (Å²) >= 11 is 0. The van der Waals surface area contributed by atoms with Crippen LogP contribution in [0.25, 0.3) is 0 Å². The van der Waals surface area contributed by atoms with Gasteiger partial charge in [0.15, 0.2) is 0 Å². The molecule has 1 heterocycles. The van der Waals surface area contributed by atoms with Gasteiger partial charge >= 0.3 is 0 Å². The van der Waals surface area contributed by atoms with Gasteiger partial charge in [-0.25, -0.2) is 0 Å². The van der Waals surface area contributed by atoms with Crippen LogP contribution < -0.4 is 10.1 Å². The molecule has 0 bridgehead atoms. The SMILES string of the molecule is CCCCNCCCc1ccc(OC2CCOCC2)c(CC)c1. The smallest absolute Gasteiger partial charge is 0.122 e. The number of aryl methyl sites for hydroxylation is 2. The Kier molecular flexibility index (Phi) is 8.48. The average Bonchev–Trinajstić information content (AvgIpc) is 2.60. The molecule has 0 radical (unpaired) electrons. The van der Waals surface area contributed by atoms with Crippen LogP contribution in [-0.2, 0) is 17.6 Å². The van der Waals surface area contributed by atoms with Gasteiger partial charge in [-0.3, -0.25) is 0 Å². The molecule has 0 amide bonds. The number of ether oxygens (including phenoxy) is 2. The van der Waals surface area contributed by atoms with E-state index in [1.807, 2.05) is 0 Å². The van der Waals surface area contributed by atoms with Crippen LogP contribution in [0.2, 0.25) is 0 Å². The van der Waals surface area contributed by atoms with Crippen molar-refractivity contribution in [1.29, 1.82) is 0 Å². The summed E-state index contributed by atoms with van der Waals surface area (Å²) in [6.07, 6.45) is 8.25. The van der Waals surface area contributed by atoms with Gasteiger partial charge in [-0.2, -0.15) is 0 Å². The summed E-state index contributed by atoms with van der Waals surface area (Å²) < 4.78 is 11.6. The molecule has 3 heteroatoms. The lowest BCUT2D eigenvalue weighted by Gasteiger charge is -2.24. The summed E-state index contributed by atoms with van der Waals surface area (Å²) in [6, 6.07) is 6.74. The molecule has 3 nitrogen and oxygen atoms in total. The number of unbranched alkanes of at least 4 members (excludes halogenated alkanes) is 1. The molecule has 2 rings (SSSR count). The Bertz CT molecular complexity index is 441. The minimum absolute atomic E-state index is 0.322. The van der Waals surface area contributed by atoms with E-state index in [9.17, 15) is 0 Å². The normalized spacial score (nSPS) is 15.7. The Balaban J connectivity index is 1.80. The predicted octanol–water partition coefficient (Wildman–Crippen LogP) is 4.13. The van der Waals surface area contributed by atoms with Gasteiger partial charge in [0.05, 0.1) is 13.2 Å². The number of nitrogens with one attached hydrogen (secondary N) is 1. The van der Waals surface area contributed by atoms with E-state index < -0.39 is 0 Å². The van der Waals surface area contributed by atoms with Crippen molar-refractivity contribution in [3.63, 3.8) is 0 Å². The Morgan fingerprint density at radius 2 is 1.91 bits per heavy atom. The lowest BCUT2D eigenvalue weighted by atomic mass is 10.0. The number of hydrogen-bond donors (Lipinski definition) is 1. The van der Waals surface area contributed by atoms with Crippen LogP contribution in [0.15, 0.2) is 18.2 Å². The van der Waals surface area contributed by atoms with Crippen LogP contribution in [0.5, 0.6) is 5.75 Å². The minimum atomic E-state index is 0.322.